The fourth-order valence-corrected chi connectivity index (χ4v) is 2.49. The van der Waals surface area contributed by atoms with E-state index in [0.29, 0.717) is 37.9 Å². The summed E-state index contributed by atoms with van der Waals surface area (Å²) in [5.41, 5.74) is 0.171. The summed E-state index contributed by atoms with van der Waals surface area (Å²) in [6.07, 6.45) is 1.80. The Hall–Kier alpha value is -1.69. The van der Waals surface area contributed by atoms with Gasteiger partial charge in [-0.25, -0.2) is 4.68 Å². The first kappa shape index (κ1) is 15.7. The Labute approximate surface area is 124 Å². The summed E-state index contributed by atoms with van der Waals surface area (Å²) in [5, 5.41) is 4.19. The van der Waals surface area contributed by atoms with E-state index in [1.807, 2.05) is 13.8 Å². The molecule has 1 aromatic rings. The van der Waals surface area contributed by atoms with Crippen LogP contribution in [0, 0.1) is 5.92 Å². The lowest BCUT2D eigenvalue weighted by Crippen LogP contribution is -2.37. The Balaban J connectivity index is 2.12. The van der Waals surface area contributed by atoms with Crippen LogP contribution in [-0.2, 0) is 11.3 Å². The smallest absolute Gasteiger partial charge is 0.274 e. The molecule has 1 aliphatic heterocycles. The molecule has 1 aromatic heterocycles. The monoisotopic (exact) mass is 293 g/mol. The average Bonchev–Trinajstić information content (AvgIpc) is 2.99. The molecule has 0 spiro atoms. The summed E-state index contributed by atoms with van der Waals surface area (Å²) in [5.74, 6) is 0.282. The van der Waals surface area contributed by atoms with Crippen molar-refractivity contribution in [3.8, 4) is 0 Å². The summed E-state index contributed by atoms with van der Waals surface area (Å²) in [6.45, 7) is 7.26. The normalized spacial score (nSPS) is 17.9. The molecule has 0 radical (unpaired) electrons. The van der Waals surface area contributed by atoms with Crippen LogP contribution in [0.2, 0.25) is 0 Å². The van der Waals surface area contributed by atoms with Gasteiger partial charge in [-0.05, 0) is 25.8 Å². The fourth-order valence-electron chi connectivity index (χ4n) is 2.49. The van der Waals surface area contributed by atoms with E-state index in [2.05, 4.69) is 5.10 Å². The molecule has 2 rings (SSSR count). The highest BCUT2D eigenvalue weighted by atomic mass is 16.5. The van der Waals surface area contributed by atoms with Crippen molar-refractivity contribution in [1.29, 1.82) is 0 Å². The number of hydrogen-bond acceptors (Lipinski definition) is 4. The number of carbonyl (C=O) groups excluding carboxylic acids is 1. The summed E-state index contributed by atoms with van der Waals surface area (Å²) in [7, 11) is 0. The lowest BCUT2D eigenvalue weighted by Gasteiger charge is -2.23. The van der Waals surface area contributed by atoms with Crippen molar-refractivity contribution in [2.45, 2.75) is 33.2 Å². The molecule has 116 valence electrons. The molecule has 1 fully saturated rings. The second-order valence-corrected chi connectivity index (χ2v) is 5.35. The highest BCUT2D eigenvalue weighted by Gasteiger charge is 2.23. The lowest BCUT2D eigenvalue weighted by molar-refractivity contribution is 0.0722. The second-order valence-electron chi connectivity index (χ2n) is 5.35. The Bertz CT molecular complexity index is 535. The Morgan fingerprint density at radius 3 is 2.90 bits per heavy atom. The van der Waals surface area contributed by atoms with E-state index >= 15 is 0 Å². The van der Waals surface area contributed by atoms with Crippen molar-refractivity contribution >= 4 is 5.91 Å². The molecule has 1 amide bonds. The average molecular weight is 293 g/mol. The number of nitrogens with zero attached hydrogens (tertiary/aromatic N) is 3. The van der Waals surface area contributed by atoms with Crippen molar-refractivity contribution in [3.05, 3.63) is 28.2 Å². The van der Waals surface area contributed by atoms with Gasteiger partial charge in [-0.15, -0.1) is 0 Å². The quantitative estimate of drug-likeness (QED) is 0.789. The number of aromatic nitrogens is 2. The minimum Gasteiger partial charge on any atom is -0.381 e. The van der Waals surface area contributed by atoms with Crippen LogP contribution in [0.1, 0.15) is 37.2 Å². The van der Waals surface area contributed by atoms with Gasteiger partial charge >= 0.3 is 0 Å². The van der Waals surface area contributed by atoms with Gasteiger partial charge in [-0.1, -0.05) is 6.92 Å². The van der Waals surface area contributed by atoms with Gasteiger partial charge in [0, 0.05) is 38.2 Å². The summed E-state index contributed by atoms with van der Waals surface area (Å²) >= 11 is 0. The first-order valence-electron chi connectivity index (χ1n) is 7.60. The van der Waals surface area contributed by atoms with Gasteiger partial charge in [-0.3, -0.25) is 9.59 Å². The first-order chi connectivity index (χ1) is 10.2. The zero-order valence-corrected chi connectivity index (χ0v) is 12.7. The molecular weight excluding hydrogens is 270 g/mol. The van der Waals surface area contributed by atoms with Gasteiger partial charge in [0.15, 0.2) is 0 Å². The van der Waals surface area contributed by atoms with Crippen LogP contribution >= 0.6 is 0 Å². The van der Waals surface area contributed by atoms with Crippen LogP contribution in [0.3, 0.4) is 0 Å². The maximum Gasteiger partial charge on any atom is 0.274 e. The molecule has 1 aliphatic rings. The van der Waals surface area contributed by atoms with Gasteiger partial charge in [0.25, 0.3) is 11.5 Å². The molecule has 1 atom stereocenters. The van der Waals surface area contributed by atoms with E-state index in [-0.39, 0.29) is 11.5 Å². The molecule has 0 saturated carbocycles. The van der Waals surface area contributed by atoms with E-state index in [1.54, 1.807) is 4.90 Å². The van der Waals surface area contributed by atoms with Gasteiger partial charge < -0.3 is 9.64 Å². The van der Waals surface area contributed by atoms with Crippen molar-refractivity contribution < 1.29 is 9.53 Å². The molecule has 0 unspecified atom stereocenters. The predicted octanol–water partition coefficient (Wildman–Crippen LogP) is 1.15. The highest BCUT2D eigenvalue weighted by Crippen LogP contribution is 2.15. The number of ether oxygens (including phenoxy) is 1. The van der Waals surface area contributed by atoms with E-state index in [1.165, 1.54) is 16.8 Å². The van der Waals surface area contributed by atoms with Gasteiger partial charge in [0.05, 0.1) is 6.61 Å². The second kappa shape index (κ2) is 7.36. The summed E-state index contributed by atoms with van der Waals surface area (Å²) in [4.78, 5) is 26.0. The fraction of sp³-hybridized carbons (Fsp3) is 0.667. The molecule has 2 heterocycles. The Kier molecular flexibility index (Phi) is 5.50. The molecule has 0 N–H and O–H groups in total. The van der Waals surface area contributed by atoms with E-state index in [4.69, 9.17) is 4.74 Å². The molecule has 6 heteroatoms. The minimum absolute atomic E-state index is 0.116. The van der Waals surface area contributed by atoms with Crippen molar-refractivity contribution in [1.82, 2.24) is 14.7 Å². The number of rotatable bonds is 6. The minimum atomic E-state index is -0.166. The maximum atomic E-state index is 12.5. The third-order valence-electron chi connectivity index (χ3n) is 3.69. The van der Waals surface area contributed by atoms with Crippen molar-refractivity contribution in [2.24, 2.45) is 5.92 Å². The lowest BCUT2D eigenvalue weighted by atomic mass is 10.1. The van der Waals surface area contributed by atoms with Crippen molar-refractivity contribution in [3.63, 3.8) is 0 Å². The standard InChI is InChI=1S/C15H23N3O3/c1-3-8-18-14(19)6-5-13(16-18)15(20)17(4-2)10-12-7-9-21-11-12/h5-6,12H,3-4,7-11H2,1-2H3/t12-/m0/s1. The summed E-state index contributed by atoms with van der Waals surface area (Å²) in [6, 6.07) is 2.94. The number of aryl methyl sites for hydroxylation is 1. The van der Waals surface area contributed by atoms with E-state index in [9.17, 15) is 9.59 Å². The van der Waals surface area contributed by atoms with Crippen LogP contribution in [0.4, 0.5) is 0 Å². The molecule has 1 saturated heterocycles. The maximum absolute atomic E-state index is 12.5. The largest absolute Gasteiger partial charge is 0.381 e. The third-order valence-corrected chi connectivity index (χ3v) is 3.69. The van der Waals surface area contributed by atoms with Crippen LogP contribution in [0.5, 0.6) is 0 Å². The van der Waals surface area contributed by atoms with Crippen LogP contribution in [0.25, 0.3) is 0 Å². The van der Waals surface area contributed by atoms with Crippen LogP contribution in [-0.4, -0.2) is 46.9 Å². The van der Waals surface area contributed by atoms with Gasteiger partial charge in [0.1, 0.15) is 5.69 Å². The van der Waals surface area contributed by atoms with Gasteiger partial charge in [-0.2, -0.15) is 5.10 Å². The molecule has 21 heavy (non-hydrogen) atoms. The molecule has 0 bridgehead atoms. The molecule has 0 aromatic carbocycles. The zero-order valence-electron chi connectivity index (χ0n) is 12.7. The third kappa shape index (κ3) is 3.91. The van der Waals surface area contributed by atoms with E-state index < -0.39 is 0 Å². The highest BCUT2D eigenvalue weighted by molar-refractivity contribution is 5.92. The van der Waals surface area contributed by atoms with Gasteiger partial charge in [0.2, 0.25) is 0 Å². The van der Waals surface area contributed by atoms with Crippen LogP contribution in [0.15, 0.2) is 16.9 Å². The zero-order chi connectivity index (χ0) is 15.2. The van der Waals surface area contributed by atoms with Crippen LogP contribution < -0.4 is 5.56 Å². The SMILES string of the molecule is CCCn1nc(C(=O)N(CC)C[C@@H]2CCOC2)ccc1=O. The van der Waals surface area contributed by atoms with Crippen molar-refractivity contribution in [2.75, 3.05) is 26.3 Å². The predicted molar refractivity (Wildman–Crippen MR) is 79.3 cm³/mol. The number of hydrogen-bond donors (Lipinski definition) is 0. The first-order valence-corrected chi connectivity index (χ1v) is 7.60. The Morgan fingerprint density at radius 1 is 1.48 bits per heavy atom. The molecule has 6 nitrogen and oxygen atoms in total. The van der Waals surface area contributed by atoms with E-state index in [0.717, 1.165) is 19.4 Å². The molecule has 0 aliphatic carbocycles. The molecular formula is C15H23N3O3. The summed E-state index contributed by atoms with van der Waals surface area (Å²) < 4.78 is 6.72. The number of carbonyl (C=O) groups is 1. The Morgan fingerprint density at radius 2 is 2.29 bits per heavy atom. The topological polar surface area (TPSA) is 64.4 Å². The number of amides is 1.